The Balaban J connectivity index is 1.31. The summed E-state index contributed by atoms with van der Waals surface area (Å²) in [4.78, 5) is 31.1. The van der Waals surface area contributed by atoms with Gasteiger partial charge in [-0.05, 0) is 67.6 Å². The van der Waals surface area contributed by atoms with E-state index in [1.54, 1.807) is 14.2 Å². The zero-order chi connectivity index (χ0) is 23.7. The number of carbonyl (C=O) groups excluding carboxylic acids is 2. The average molecular weight is 471 g/mol. The number of benzene rings is 1. The van der Waals surface area contributed by atoms with Gasteiger partial charge in [-0.25, -0.2) is 4.39 Å². The number of ether oxygens (including phenoxy) is 2. The van der Waals surface area contributed by atoms with Gasteiger partial charge >= 0.3 is 0 Å². The van der Waals surface area contributed by atoms with Gasteiger partial charge in [0.2, 0.25) is 11.8 Å². The van der Waals surface area contributed by atoms with Gasteiger partial charge in [0.25, 0.3) is 0 Å². The van der Waals surface area contributed by atoms with Gasteiger partial charge in [-0.3, -0.25) is 9.59 Å². The fourth-order valence-electron chi connectivity index (χ4n) is 8.22. The lowest BCUT2D eigenvalue weighted by molar-refractivity contribution is -0.180. The highest BCUT2D eigenvalue weighted by Gasteiger charge is 2.66. The van der Waals surface area contributed by atoms with E-state index in [1.165, 1.54) is 12.1 Å². The molecule has 1 aromatic carbocycles. The summed E-state index contributed by atoms with van der Waals surface area (Å²) in [6.45, 7) is 2.66. The fourth-order valence-corrected chi connectivity index (χ4v) is 8.22. The Hall–Kier alpha value is -1.99. The van der Waals surface area contributed by atoms with Crippen molar-refractivity contribution < 1.29 is 23.5 Å². The maximum Gasteiger partial charge on any atom is 0.229 e. The number of amides is 2. The SMILES string of the molecule is COC1CN(C(=O)C[C@]2(c3ccc(F)cc3)C3CC4CC2C[C@@](C(=O)N2CC(OC)C2)(C4)C3)C1. The highest BCUT2D eigenvalue weighted by atomic mass is 19.1. The number of methoxy groups -OCH3 is 2. The van der Waals surface area contributed by atoms with Crippen molar-refractivity contribution in [3.63, 3.8) is 0 Å². The summed E-state index contributed by atoms with van der Waals surface area (Å²) >= 11 is 0. The summed E-state index contributed by atoms with van der Waals surface area (Å²) in [5.41, 5.74) is 0.443. The molecule has 7 rings (SSSR count). The van der Waals surface area contributed by atoms with Crippen LogP contribution >= 0.6 is 0 Å². The second-order valence-corrected chi connectivity index (χ2v) is 11.6. The molecule has 34 heavy (non-hydrogen) atoms. The minimum absolute atomic E-state index is 0.123. The summed E-state index contributed by atoms with van der Waals surface area (Å²) < 4.78 is 24.7. The van der Waals surface area contributed by atoms with Crippen LogP contribution in [0.5, 0.6) is 0 Å². The first-order valence-electron chi connectivity index (χ1n) is 12.8. The first kappa shape index (κ1) is 22.5. The van der Waals surface area contributed by atoms with E-state index in [-0.39, 0.29) is 46.6 Å². The molecule has 4 saturated carbocycles. The van der Waals surface area contributed by atoms with Crippen LogP contribution in [-0.4, -0.2) is 74.2 Å². The molecule has 6 fully saturated rings. The van der Waals surface area contributed by atoms with Crippen LogP contribution in [0, 0.1) is 29.0 Å². The van der Waals surface area contributed by atoms with Gasteiger partial charge in [0.05, 0.1) is 17.6 Å². The summed E-state index contributed by atoms with van der Waals surface area (Å²) in [7, 11) is 3.39. The Morgan fingerprint density at radius 2 is 1.47 bits per heavy atom. The van der Waals surface area contributed by atoms with Gasteiger partial charge in [0.15, 0.2) is 0 Å². The molecule has 2 amide bonds. The van der Waals surface area contributed by atoms with Crippen molar-refractivity contribution in [1.82, 2.24) is 9.80 Å². The van der Waals surface area contributed by atoms with Crippen LogP contribution in [0.4, 0.5) is 4.39 Å². The monoisotopic (exact) mass is 470 g/mol. The van der Waals surface area contributed by atoms with Crippen LogP contribution in [0.1, 0.15) is 44.1 Å². The molecule has 1 aromatic rings. The van der Waals surface area contributed by atoms with Crippen LogP contribution in [0.25, 0.3) is 0 Å². The number of hydrogen-bond donors (Lipinski definition) is 0. The first-order chi connectivity index (χ1) is 16.4. The summed E-state index contributed by atoms with van der Waals surface area (Å²) in [5, 5.41) is 0. The van der Waals surface area contributed by atoms with Crippen LogP contribution in [0.2, 0.25) is 0 Å². The highest BCUT2D eigenvalue weighted by molar-refractivity contribution is 5.85. The molecule has 2 heterocycles. The lowest BCUT2D eigenvalue weighted by atomic mass is 9.39. The van der Waals surface area contributed by atoms with Crippen molar-refractivity contribution in [2.24, 2.45) is 23.2 Å². The second-order valence-electron chi connectivity index (χ2n) is 11.6. The van der Waals surface area contributed by atoms with E-state index < -0.39 is 0 Å². The van der Waals surface area contributed by atoms with Crippen LogP contribution < -0.4 is 0 Å². The van der Waals surface area contributed by atoms with Crippen molar-refractivity contribution in [2.75, 3.05) is 40.4 Å². The van der Waals surface area contributed by atoms with Crippen molar-refractivity contribution >= 4 is 11.8 Å². The molecular weight excluding hydrogens is 435 g/mol. The van der Waals surface area contributed by atoms with Gasteiger partial charge in [0, 0.05) is 52.2 Å². The van der Waals surface area contributed by atoms with Crippen molar-refractivity contribution in [3.8, 4) is 0 Å². The molecule has 184 valence electrons. The molecule has 0 spiro atoms. The van der Waals surface area contributed by atoms with Gasteiger partial charge in [-0.15, -0.1) is 0 Å². The smallest absolute Gasteiger partial charge is 0.229 e. The Labute approximate surface area is 200 Å². The first-order valence-corrected chi connectivity index (χ1v) is 12.8. The molecule has 2 unspecified atom stereocenters. The second kappa shape index (κ2) is 8.02. The van der Waals surface area contributed by atoms with E-state index in [4.69, 9.17) is 9.47 Å². The largest absolute Gasteiger partial charge is 0.378 e. The maximum absolute atomic E-state index is 13.9. The summed E-state index contributed by atoms with van der Waals surface area (Å²) in [6.07, 6.45) is 5.46. The quantitative estimate of drug-likeness (QED) is 0.642. The van der Waals surface area contributed by atoms with Crippen molar-refractivity contribution in [2.45, 2.75) is 56.1 Å². The van der Waals surface area contributed by atoms with Crippen molar-refractivity contribution in [3.05, 3.63) is 35.6 Å². The molecule has 2 saturated heterocycles. The number of halogens is 1. The molecule has 2 aliphatic heterocycles. The maximum atomic E-state index is 13.9. The molecule has 0 aromatic heterocycles. The molecule has 4 bridgehead atoms. The normalized spacial score (nSPS) is 37.0. The Morgan fingerprint density at radius 1 is 0.912 bits per heavy atom. The van der Waals surface area contributed by atoms with Crippen LogP contribution in [0.15, 0.2) is 24.3 Å². The third-order valence-electron chi connectivity index (χ3n) is 9.93. The van der Waals surface area contributed by atoms with E-state index >= 15 is 0 Å². The van der Waals surface area contributed by atoms with Gasteiger partial charge in [-0.2, -0.15) is 0 Å². The van der Waals surface area contributed by atoms with Crippen LogP contribution in [-0.2, 0) is 24.5 Å². The van der Waals surface area contributed by atoms with E-state index in [0.717, 1.165) is 37.7 Å². The topological polar surface area (TPSA) is 59.1 Å². The fraction of sp³-hybridized carbons (Fsp3) is 0.704. The van der Waals surface area contributed by atoms with E-state index in [1.807, 2.05) is 21.9 Å². The van der Waals surface area contributed by atoms with E-state index in [2.05, 4.69) is 0 Å². The van der Waals surface area contributed by atoms with E-state index in [0.29, 0.717) is 44.4 Å². The lowest BCUT2D eigenvalue weighted by Gasteiger charge is -2.66. The number of hydrogen-bond acceptors (Lipinski definition) is 4. The lowest BCUT2D eigenvalue weighted by Crippen LogP contribution is -2.67. The Bertz CT molecular complexity index is 953. The van der Waals surface area contributed by atoms with Gasteiger partial charge in [-0.1, -0.05) is 12.1 Å². The molecule has 0 radical (unpaired) electrons. The Morgan fingerprint density at radius 3 is 2.03 bits per heavy atom. The predicted molar refractivity (Wildman–Crippen MR) is 123 cm³/mol. The minimum Gasteiger partial charge on any atom is -0.378 e. The zero-order valence-corrected chi connectivity index (χ0v) is 20.2. The zero-order valence-electron chi connectivity index (χ0n) is 20.2. The minimum atomic E-state index is -0.326. The third-order valence-corrected chi connectivity index (χ3v) is 9.93. The standard InChI is InChI=1S/C27H35FN2O4/c1-33-22-13-29(14-22)24(31)12-27(18-3-5-21(28)6-4-18)19-7-17-8-20(27)11-26(9-17,10-19)25(32)30-15-23(16-30)34-2/h3-6,17,19-20,22-23H,7-16H2,1-2H3/t17?,19?,20?,26-,27+. The molecular formula is C27H35FN2O4. The van der Waals surface area contributed by atoms with Crippen molar-refractivity contribution in [1.29, 1.82) is 0 Å². The molecule has 0 N–H and O–H groups in total. The molecule has 6 aliphatic rings. The molecule has 7 heteroatoms. The molecule has 6 nitrogen and oxygen atoms in total. The van der Waals surface area contributed by atoms with Gasteiger partial charge in [0.1, 0.15) is 5.82 Å². The predicted octanol–water partition coefficient (Wildman–Crippen LogP) is 2.99. The average Bonchev–Trinajstić information content (AvgIpc) is 2.75. The van der Waals surface area contributed by atoms with Crippen LogP contribution in [0.3, 0.4) is 0 Å². The molecule has 4 aliphatic carbocycles. The van der Waals surface area contributed by atoms with E-state index in [9.17, 15) is 14.0 Å². The van der Waals surface area contributed by atoms with Gasteiger partial charge < -0.3 is 19.3 Å². The summed E-state index contributed by atoms with van der Waals surface area (Å²) in [5.74, 6) is 1.26. The highest BCUT2D eigenvalue weighted by Crippen LogP contribution is 2.68. The Kier molecular flexibility index (Phi) is 5.30. The molecule has 2 atom stereocenters. The number of rotatable bonds is 6. The summed E-state index contributed by atoms with van der Waals surface area (Å²) in [6, 6.07) is 6.85. The number of likely N-dealkylation sites (tertiary alicyclic amines) is 2. The third kappa shape index (κ3) is 3.26. The number of carbonyl (C=O) groups is 2. The number of nitrogens with zero attached hydrogens (tertiary/aromatic N) is 2.